The first-order valence-electron chi connectivity index (χ1n) is 9.30. The molecule has 0 spiro atoms. The van der Waals surface area contributed by atoms with Crippen molar-refractivity contribution in [2.45, 2.75) is 18.7 Å². The minimum absolute atomic E-state index is 0.307. The molecule has 4 rings (SSSR count). The lowest BCUT2D eigenvalue weighted by Crippen LogP contribution is -2.32. The Labute approximate surface area is 174 Å². The van der Waals surface area contributed by atoms with E-state index in [9.17, 15) is 9.59 Å². The van der Waals surface area contributed by atoms with Gasteiger partial charge >= 0.3 is 0 Å². The summed E-state index contributed by atoms with van der Waals surface area (Å²) in [4.78, 5) is 29.1. The molecule has 5 heteroatoms. The fraction of sp³-hybridized carbons (Fsp3) is 0.0833. The van der Waals surface area contributed by atoms with Gasteiger partial charge in [0, 0.05) is 10.6 Å². The molecule has 4 nitrogen and oxygen atoms in total. The summed E-state index contributed by atoms with van der Waals surface area (Å²) in [5.41, 5.74) is 3.85. The first-order chi connectivity index (χ1) is 14.1. The number of aryl methyl sites for hydroxylation is 1. The van der Waals surface area contributed by atoms with Gasteiger partial charge in [-0.3, -0.25) is 9.59 Å². The molecule has 0 radical (unpaired) electrons. The van der Waals surface area contributed by atoms with Gasteiger partial charge in [0.05, 0.1) is 5.69 Å². The molecule has 1 N–H and O–H groups in total. The van der Waals surface area contributed by atoms with E-state index in [1.807, 2.05) is 80.6 Å². The number of nitrogens with one attached hydrogen (secondary N) is 1. The van der Waals surface area contributed by atoms with Crippen LogP contribution in [0.1, 0.15) is 11.1 Å². The second-order valence-electron chi connectivity index (χ2n) is 6.77. The van der Waals surface area contributed by atoms with Crippen molar-refractivity contribution in [3.8, 4) is 0 Å². The summed E-state index contributed by atoms with van der Waals surface area (Å²) in [7, 11) is 0. The van der Waals surface area contributed by atoms with Crippen molar-refractivity contribution in [3.05, 3.63) is 101 Å². The summed E-state index contributed by atoms with van der Waals surface area (Å²) in [6.45, 7) is 4.02. The monoisotopic (exact) mass is 400 g/mol. The fourth-order valence-electron chi connectivity index (χ4n) is 3.15. The number of imide groups is 1. The summed E-state index contributed by atoms with van der Waals surface area (Å²) in [5, 5.41) is 3.25. The van der Waals surface area contributed by atoms with Crippen LogP contribution in [0, 0.1) is 13.8 Å². The van der Waals surface area contributed by atoms with Crippen molar-refractivity contribution >= 4 is 35.0 Å². The third kappa shape index (κ3) is 3.69. The van der Waals surface area contributed by atoms with E-state index in [4.69, 9.17) is 0 Å². The van der Waals surface area contributed by atoms with Crippen LogP contribution in [0.3, 0.4) is 0 Å². The lowest BCUT2D eigenvalue weighted by molar-refractivity contribution is -0.120. The maximum absolute atomic E-state index is 13.3. The second-order valence-corrected chi connectivity index (χ2v) is 7.86. The van der Waals surface area contributed by atoms with Gasteiger partial charge in [-0.05, 0) is 55.3 Å². The Balaban J connectivity index is 1.77. The quantitative estimate of drug-likeness (QED) is 0.591. The molecule has 1 aliphatic rings. The highest BCUT2D eigenvalue weighted by molar-refractivity contribution is 8.04. The number of hydrogen-bond acceptors (Lipinski definition) is 4. The molecule has 0 aliphatic carbocycles. The van der Waals surface area contributed by atoms with Crippen LogP contribution in [0.5, 0.6) is 0 Å². The molecule has 3 aromatic carbocycles. The zero-order chi connectivity index (χ0) is 20.4. The summed E-state index contributed by atoms with van der Waals surface area (Å²) in [5.74, 6) is -0.664. The van der Waals surface area contributed by atoms with Gasteiger partial charge in [-0.15, -0.1) is 0 Å². The van der Waals surface area contributed by atoms with E-state index < -0.39 is 0 Å². The number of anilines is 2. The van der Waals surface area contributed by atoms with Crippen molar-refractivity contribution in [1.29, 1.82) is 0 Å². The lowest BCUT2D eigenvalue weighted by atomic mass is 10.1. The maximum atomic E-state index is 13.3. The molecule has 0 atom stereocenters. The van der Waals surface area contributed by atoms with Gasteiger partial charge in [-0.2, -0.15) is 0 Å². The van der Waals surface area contributed by atoms with E-state index in [-0.39, 0.29) is 11.8 Å². The topological polar surface area (TPSA) is 49.4 Å². The van der Waals surface area contributed by atoms with Crippen molar-refractivity contribution in [2.75, 3.05) is 10.2 Å². The van der Waals surface area contributed by atoms with Crippen LogP contribution in [0.2, 0.25) is 0 Å². The summed E-state index contributed by atoms with van der Waals surface area (Å²) in [6, 6.07) is 24.5. The predicted molar refractivity (Wildman–Crippen MR) is 118 cm³/mol. The van der Waals surface area contributed by atoms with Gasteiger partial charge in [0.2, 0.25) is 0 Å². The Hall–Kier alpha value is -3.31. The zero-order valence-corrected chi connectivity index (χ0v) is 17.0. The van der Waals surface area contributed by atoms with Crippen LogP contribution in [0.15, 0.2) is 94.4 Å². The molecule has 0 unspecified atom stereocenters. The van der Waals surface area contributed by atoms with Gasteiger partial charge in [-0.25, -0.2) is 4.90 Å². The van der Waals surface area contributed by atoms with E-state index in [0.717, 1.165) is 21.7 Å². The van der Waals surface area contributed by atoms with Gasteiger partial charge in [0.25, 0.3) is 11.8 Å². The summed E-state index contributed by atoms with van der Waals surface area (Å²) < 4.78 is 0. The Bertz CT molecular complexity index is 1110. The smallest absolute Gasteiger partial charge is 0.283 e. The van der Waals surface area contributed by atoms with Crippen LogP contribution in [-0.4, -0.2) is 11.8 Å². The van der Waals surface area contributed by atoms with Crippen LogP contribution < -0.4 is 10.2 Å². The molecule has 2 amide bonds. The number of thioether (sulfide) groups is 1. The minimum atomic E-state index is -0.347. The van der Waals surface area contributed by atoms with Crippen molar-refractivity contribution in [2.24, 2.45) is 0 Å². The Morgan fingerprint density at radius 3 is 2.10 bits per heavy atom. The highest BCUT2D eigenvalue weighted by atomic mass is 32.2. The summed E-state index contributed by atoms with van der Waals surface area (Å²) >= 11 is 1.30. The Kier molecular flexibility index (Phi) is 5.23. The number of hydrogen-bond donors (Lipinski definition) is 1. The van der Waals surface area contributed by atoms with E-state index >= 15 is 0 Å². The molecular weight excluding hydrogens is 380 g/mol. The highest BCUT2D eigenvalue weighted by Crippen LogP contribution is 2.38. The average Bonchev–Trinajstić information content (AvgIpc) is 2.96. The van der Waals surface area contributed by atoms with Gasteiger partial charge in [0.1, 0.15) is 10.6 Å². The number of carbonyl (C=O) groups is 2. The average molecular weight is 401 g/mol. The molecule has 1 aliphatic heterocycles. The maximum Gasteiger partial charge on any atom is 0.283 e. The first-order valence-corrected chi connectivity index (χ1v) is 10.1. The van der Waals surface area contributed by atoms with E-state index in [1.54, 1.807) is 12.1 Å². The van der Waals surface area contributed by atoms with Crippen LogP contribution in [-0.2, 0) is 9.59 Å². The van der Waals surface area contributed by atoms with Crippen molar-refractivity contribution in [1.82, 2.24) is 0 Å². The Morgan fingerprint density at radius 1 is 0.759 bits per heavy atom. The van der Waals surface area contributed by atoms with Crippen molar-refractivity contribution in [3.63, 3.8) is 0 Å². The second kappa shape index (κ2) is 7.97. The third-order valence-corrected chi connectivity index (χ3v) is 5.97. The normalized spacial score (nSPS) is 13.9. The van der Waals surface area contributed by atoms with Crippen LogP contribution >= 0.6 is 11.8 Å². The van der Waals surface area contributed by atoms with E-state index in [2.05, 4.69) is 5.32 Å². The standard InChI is InChI=1S/C24H20N2O2S/c1-16-10-9-15-20(17(16)2)25-21-22(29-19-13-7-4-8-14-19)24(28)26(23(21)27)18-11-5-3-6-12-18/h3-15,25H,1-2H3. The van der Waals surface area contributed by atoms with Gasteiger partial charge in [-0.1, -0.05) is 60.3 Å². The molecule has 0 bridgehead atoms. The van der Waals surface area contributed by atoms with Crippen molar-refractivity contribution < 1.29 is 9.59 Å². The molecule has 144 valence electrons. The van der Waals surface area contributed by atoms with Crippen LogP contribution in [0.25, 0.3) is 0 Å². The van der Waals surface area contributed by atoms with Crippen LogP contribution in [0.4, 0.5) is 11.4 Å². The molecule has 29 heavy (non-hydrogen) atoms. The Morgan fingerprint density at radius 2 is 1.41 bits per heavy atom. The van der Waals surface area contributed by atoms with E-state index in [1.165, 1.54) is 16.7 Å². The van der Waals surface area contributed by atoms with E-state index in [0.29, 0.717) is 16.3 Å². The molecule has 0 fully saturated rings. The third-order valence-electron chi connectivity index (χ3n) is 4.88. The number of nitrogens with zero attached hydrogens (tertiary/aromatic N) is 1. The number of rotatable bonds is 5. The molecular formula is C24H20N2O2S. The SMILES string of the molecule is Cc1cccc(NC2=C(Sc3ccccc3)C(=O)N(c3ccccc3)C2=O)c1C. The minimum Gasteiger partial charge on any atom is -0.350 e. The number of amides is 2. The molecule has 0 saturated carbocycles. The number of benzene rings is 3. The first kappa shape index (κ1) is 19.0. The molecule has 0 aromatic heterocycles. The number of carbonyl (C=O) groups excluding carboxylic acids is 2. The molecule has 0 saturated heterocycles. The predicted octanol–water partition coefficient (Wildman–Crippen LogP) is 5.29. The summed E-state index contributed by atoms with van der Waals surface area (Å²) in [6.07, 6.45) is 0. The number of para-hydroxylation sites is 1. The lowest BCUT2D eigenvalue weighted by Gasteiger charge is -2.15. The zero-order valence-electron chi connectivity index (χ0n) is 16.2. The molecule has 1 heterocycles. The highest BCUT2D eigenvalue weighted by Gasteiger charge is 2.40. The molecule has 3 aromatic rings. The fourth-order valence-corrected chi connectivity index (χ4v) is 4.10. The van der Waals surface area contributed by atoms with Gasteiger partial charge in [0.15, 0.2) is 0 Å². The van der Waals surface area contributed by atoms with Gasteiger partial charge < -0.3 is 5.32 Å². The largest absolute Gasteiger partial charge is 0.350 e.